The minimum absolute atomic E-state index is 0.459. The molecule has 0 fully saturated rings. The van der Waals surface area contributed by atoms with E-state index in [1.165, 1.54) is 0 Å². The molecule has 0 unspecified atom stereocenters. The van der Waals surface area contributed by atoms with Crippen LogP contribution in [-0.4, -0.2) is 0 Å². The average Bonchev–Trinajstić information content (AvgIpc) is 2.74. The highest BCUT2D eigenvalue weighted by Crippen LogP contribution is 2.39. The highest BCUT2D eigenvalue weighted by molar-refractivity contribution is 6.31. The summed E-state index contributed by atoms with van der Waals surface area (Å²) in [4.78, 5) is 0. The number of nitrogens with two attached hydrogens (primary N) is 1. The first-order chi connectivity index (χ1) is 11.7. The molecule has 4 rings (SSSR count). The zero-order chi connectivity index (χ0) is 16.5. The molecule has 0 radical (unpaired) electrons. The molecular weight excluding hydrogens is 318 g/mol. The molecule has 3 aromatic carbocycles. The fourth-order valence-electron chi connectivity index (χ4n) is 3.04. The maximum atomic E-state index is 6.42. The number of hydrogen-bond donors (Lipinski definition) is 1. The lowest BCUT2D eigenvalue weighted by atomic mass is 9.92. The first kappa shape index (κ1) is 14.9. The van der Waals surface area contributed by atoms with Crippen LogP contribution in [-0.2, 0) is 6.61 Å². The molecule has 0 aromatic heterocycles. The third-order valence-electron chi connectivity index (χ3n) is 4.18. The van der Waals surface area contributed by atoms with Crippen LogP contribution < -0.4 is 10.5 Å². The topological polar surface area (TPSA) is 35.2 Å². The van der Waals surface area contributed by atoms with Crippen LogP contribution in [0, 0.1) is 0 Å². The molecule has 118 valence electrons. The predicted octanol–water partition coefficient (Wildman–Crippen LogP) is 5.40. The molecule has 3 heteroatoms. The van der Waals surface area contributed by atoms with Crippen LogP contribution in [0.1, 0.15) is 22.3 Å². The molecule has 0 bridgehead atoms. The summed E-state index contributed by atoms with van der Waals surface area (Å²) >= 11 is 6.42. The van der Waals surface area contributed by atoms with E-state index in [4.69, 9.17) is 22.1 Å². The molecule has 0 aliphatic carbocycles. The zero-order valence-electron chi connectivity index (χ0n) is 13.0. The van der Waals surface area contributed by atoms with Gasteiger partial charge in [-0.3, -0.25) is 0 Å². The molecule has 1 aliphatic heterocycles. The van der Waals surface area contributed by atoms with Gasteiger partial charge < -0.3 is 10.5 Å². The zero-order valence-corrected chi connectivity index (χ0v) is 13.8. The first-order valence-corrected chi connectivity index (χ1v) is 8.17. The largest absolute Gasteiger partial charge is 0.488 e. The number of halogens is 1. The molecule has 1 heterocycles. The van der Waals surface area contributed by atoms with Gasteiger partial charge in [-0.05, 0) is 47.0 Å². The van der Waals surface area contributed by atoms with Gasteiger partial charge >= 0.3 is 0 Å². The van der Waals surface area contributed by atoms with Gasteiger partial charge in [-0.15, -0.1) is 0 Å². The summed E-state index contributed by atoms with van der Waals surface area (Å²) < 4.78 is 6.00. The SMILES string of the molecule is Nc1cccc(/C=C2/c3ccccc3OCc3c(Cl)cccc32)c1. The molecule has 2 nitrogen and oxygen atoms in total. The second kappa shape index (κ2) is 6.06. The molecule has 1 aliphatic rings. The Labute approximate surface area is 146 Å². The van der Waals surface area contributed by atoms with E-state index in [-0.39, 0.29) is 0 Å². The van der Waals surface area contributed by atoms with Crippen molar-refractivity contribution in [2.24, 2.45) is 0 Å². The molecule has 0 saturated carbocycles. The lowest BCUT2D eigenvalue weighted by Gasteiger charge is -2.11. The van der Waals surface area contributed by atoms with Crippen molar-refractivity contribution >= 4 is 28.9 Å². The Bertz CT molecular complexity index is 946. The van der Waals surface area contributed by atoms with Crippen molar-refractivity contribution in [3.63, 3.8) is 0 Å². The van der Waals surface area contributed by atoms with Gasteiger partial charge in [-0.2, -0.15) is 0 Å². The Morgan fingerprint density at radius 1 is 0.917 bits per heavy atom. The Kier molecular flexibility index (Phi) is 3.75. The lowest BCUT2D eigenvalue weighted by molar-refractivity contribution is 0.307. The van der Waals surface area contributed by atoms with Crippen molar-refractivity contribution in [1.82, 2.24) is 0 Å². The fourth-order valence-corrected chi connectivity index (χ4v) is 3.27. The molecule has 0 atom stereocenters. The number of hydrogen-bond acceptors (Lipinski definition) is 2. The average molecular weight is 334 g/mol. The van der Waals surface area contributed by atoms with E-state index in [2.05, 4.69) is 18.2 Å². The van der Waals surface area contributed by atoms with Gasteiger partial charge in [0, 0.05) is 21.8 Å². The smallest absolute Gasteiger partial charge is 0.127 e. The van der Waals surface area contributed by atoms with Crippen molar-refractivity contribution in [1.29, 1.82) is 0 Å². The van der Waals surface area contributed by atoms with Gasteiger partial charge in [0.05, 0.1) is 0 Å². The van der Waals surface area contributed by atoms with E-state index >= 15 is 0 Å². The van der Waals surface area contributed by atoms with Gasteiger partial charge in [-0.1, -0.05) is 54.1 Å². The van der Waals surface area contributed by atoms with Gasteiger partial charge in [-0.25, -0.2) is 0 Å². The third kappa shape index (κ3) is 2.66. The van der Waals surface area contributed by atoms with Crippen molar-refractivity contribution in [2.45, 2.75) is 6.61 Å². The van der Waals surface area contributed by atoms with E-state index in [9.17, 15) is 0 Å². The summed E-state index contributed by atoms with van der Waals surface area (Å²) in [6, 6.07) is 21.9. The second-order valence-electron chi connectivity index (χ2n) is 5.78. The fraction of sp³-hybridized carbons (Fsp3) is 0.0476. The van der Waals surface area contributed by atoms with Crippen LogP contribution in [0.3, 0.4) is 0 Å². The van der Waals surface area contributed by atoms with E-state index in [0.717, 1.165) is 44.3 Å². The summed E-state index contributed by atoms with van der Waals surface area (Å²) in [5.41, 5.74) is 12.0. The van der Waals surface area contributed by atoms with Crippen molar-refractivity contribution in [3.8, 4) is 5.75 Å². The number of para-hydroxylation sites is 1. The summed E-state index contributed by atoms with van der Waals surface area (Å²) in [5.74, 6) is 0.861. The number of rotatable bonds is 1. The summed E-state index contributed by atoms with van der Waals surface area (Å²) in [5, 5.41) is 0.721. The van der Waals surface area contributed by atoms with Crippen molar-refractivity contribution in [3.05, 3.63) is 94.0 Å². The lowest BCUT2D eigenvalue weighted by Crippen LogP contribution is -1.96. The quantitative estimate of drug-likeness (QED) is 0.605. The van der Waals surface area contributed by atoms with E-state index < -0.39 is 0 Å². The number of anilines is 1. The Morgan fingerprint density at radius 3 is 2.58 bits per heavy atom. The van der Waals surface area contributed by atoms with Crippen LogP contribution in [0.2, 0.25) is 5.02 Å². The molecule has 0 saturated heterocycles. The van der Waals surface area contributed by atoms with Gasteiger partial charge in [0.1, 0.15) is 12.4 Å². The molecule has 0 spiro atoms. The third-order valence-corrected chi connectivity index (χ3v) is 4.53. The van der Waals surface area contributed by atoms with Crippen molar-refractivity contribution < 1.29 is 4.74 Å². The molecule has 2 N–H and O–H groups in total. The Balaban J connectivity index is 1.99. The summed E-state index contributed by atoms with van der Waals surface area (Å²) in [6.07, 6.45) is 2.14. The van der Waals surface area contributed by atoms with E-state index in [1.54, 1.807) is 0 Å². The van der Waals surface area contributed by atoms with Crippen LogP contribution in [0.4, 0.5) is 5.69 Å². The van der Waals surface area contributed by atoms with Gasteiger partial charge in [0.25, 0.3) is 0 Å². The van der Waals surface area contributed by atoms with Crippen LogP contribution in [0.5, 0.6) is 5.75 Å². The first-order valence-electron chi connectivity index (χ1n) is 7.79. The Hall–Kier alpha value is -2.71. The number of ether oxygens (including phenoxy) is 1. The minimum atomic E-state index is 0.459. The molecule has 0 amide bonds. The summed E-state index contributed by atoms with van der Waals surface area (Å²) in [6.45, 7) is 0.459. The molecule has 3 aromatic rings. The minimum Gasteiger partial charge on any atom is -0.488 e. The molecular formula is C21H16ClNO. The highest BCUT2D eigenvalue weighted by atomic mass is 35.5. The number of nitrogen functional groups attached to an aromatic ring is 1. The van der Waals surface area contributed by atoms with Crippen LogP contribution in [0.15, 0.2) is 66.7 Å². The normalized spacial score (nSPS) is 14.5. The number of fused-ring (bicyclic) bond motifs is 2. The van der Waals surface area contributed by atoms with Gasteiger partial charge in [0.15, 0.2) is 0 Å². The van der Waals surface area contributed by atoms with Crippen LogP contribution >= 0.6 is 11.6 Å². The molecule has 24 heavy (non-hydrogen) atoms. The van der Waals surface area contributed by atoms with Gasteiger partial charge in [0.2, 0.25) is 0 Å². The highest BCUT2D eigenvalue weighted by Gasteiger charge is 2.20. The number of benzene rings is 3. The maximum Gasteiger partial charge on any atom is 0.127 e. The van der Waals surface area contributed by atoms with Crippen molar-refractivity contribution in [2.75, 3.05) is 5.73 Å². The standard InChI is InChI=1S/C21H16ClNO/c22-20-9-4-8-16-18(12-14-5-3-6-15(23)11-14)17-7-1-2-10-21(17)24-13-19(16)20/h1-12H,13,23H2/b18-12+. The monoisotopic (exact) mass is 333 g/mol. The maximum absolute atomic E-state index is 6.42. The second-order valence-corrected chi connectivity index (χ2v) is 6.19. The van der Waals surface area contributed by atoms with E-state index in [0.29, 0.717) is 6.61 Å². The van der Waals surface area contributed by atoms with E-state index in [1.807, 2.05) is 54.6 Å². The summed E-state index contributed by atoms with van der Waals surface area (Å²) in [7, 11) is 0. The van der Waals surface area contributed by atoms with Crippen LogP contribution in [0.25, 0.3) is 11.6 Å². The predicted molar refractivity (Wildman–Crippen MR) is 100 cm³/mol. The Morgan fingerprint density at radius 2 is 1.71 bits per heavy atom.